The van der Waals surface area contributed by atoms with Gasteiger partial charge in [-0.25, -0.2) is 0 Å². The molecule has 0 aromatic heterocycles. The van der Waals surface area contributed by atoms with E-state index in [1.165, 1.54) is 0 Å². The lowest BCUT2D eigenvalue weighted by Gasteiger charge is -2.16. The normalized spacial score (nSPS) is 11.8. The number of ether oxygens (including phenoxy) is 4. The quantitative estimate of drug-likeness (QED) is 0.785. The Balaban J connectivity index is 2.84. The maximum atomic E-state index is 5.30. The number of hydrogen-bond acceptors (Lipinski definition) is 5. The van der Waals surface area contributed by atoms with Gasteiger partial charge in [0.2, 0.25) is 5.75 Å². The third kappa shape index (κ3) is 4.21. The molecule has 1 unspecified atom stereocenters. The zero-order valence-corrected chi connectivity index (χ0v) is 12.3. The van der Waals surface area contributed by atoms with Crippen LogP contribution in [-0.4, -0.2) is 41.6 Å². The van der Waals surface area contributed by atoms with Crippen LogP contribution in [0.15, 0.2) is 12.1 Å². The molecule has 0 amide bonds. The van der Waals surface area contributed by atoms with Gasteiger partial charge >= 0.3 is 0 Å². The Labute approximate surface area is 114 Å². The summed E-state index contributed by atoms with van der Waals surface area (Å²) in [5.41, 5.74) is 0.928. The average molecular weight is 269 g/mol. The highest BCUT2D eigenvalue weighted by atomic mass is 16.5. The van der Waals surface area contributed by atoms with Gasteiger partial charge in [-0.1, -0.05) is 6.92 Å². The predicted octanol–water partition coefficient (Wildman–Crippen LogP) is 2.41. The molecule has 0 aliphatic heterocycles. The molecule has 5 nitrogen and oxygen atoms in total. The Morgan fingerprint density at radius 2 is 1.58 bits per heavy atom. The molecule has 5 heteroatoms. The Kier molecular flexibility index (Phi) is 6.29. The van der Waals surface area contributed by atoms with Gasteiger partial charge < -0.3 is 24.3 Å². The molecule has 0 fully saturated rings. The number of methoxy groups -OCH3 is 4. The summed E-state index contributed by atoms with van der Waals surface area (Å²) in [5, 5.41) is 3.33. The monoisotopic (exact) mass is 269 g/mol. The third-order valence-electron chi connectivity index (χ3n) is 2.77. The van der Waals surface area contributed by atoms with Crippen molar-refractivity contribution in [3.05, 3.63) is 12.1 Å². The van der Waals surface area contributed by atoms with E-state index in [2.05, 4.69) is 12.2 Å². The number of anilines is 1. The fourth-order valence-electron chi connectivity index (χ4n) is 1.82. The molecular weight excluding hydrogens is 246 g/mol. The van der Waals surface area contributed by atoms with E-state index in [1.54, 1.807) is 28.4 Å². The van der Waals surface area contributed by atoms with Crippen LogP contribution in [0.5, 0.6) is 17.2 Å². The molecule has 0 radical (unpaired) electrons. The van der Waals surface area contributed by atoms with E-state index < -0.39 is 0 Å². The zero-order chi connectivity index (χ0) is 14.3. The fourth-order valence-corrected chi connectivity index (χ4v) is 1.82. The van der Waals surface area contributed by atoms with Gasteiger partial charge in [-0.05, 0) is 5.92 Å². The highest BCUT2D eigenvalue weighted by Gasteiger charge is 2.13. The molecule has 1 atom stereocenters. The van der Waals surface area contributed by atoms with Crippen molar-refractivity contribution < 1.29 is 18.9 Å². The molecule has 0 saturated carbocycles. The van der Waals surface area contributed by atoms with E-state index in [0.717, 1.165) is 18.8 Å². The molecule has 0 aliphatic rings. The van der Waals surface area contributed by atoms with Crippen molar-refractivity contribution in [3.63, 3.8) is 0 Å². The minimum Gasteiger partial charge on any atom is -0.493 e. The van der Waals surface area contributed by atoms with E-state index in [1.807, 2.05) is 12.1 Å². The summed E-state index contributed by atoms with van der Waals surface area (Å²) < 4.78 is 21.0. The van der Waals surface area contributed by atoms with Gasteiger partial charge in [-0.2, -0.15) is 0 Å². The third-order valence-corrected chi connectivity index (χ3v) is 2.77. The first kappa shape index (κ1) is 15.4. The second-order valence-electron chi connectivity index (χ2n) is 4.36. The molecule has 1 aromatic rings. The fraction of sp³-hybridized carbons (Fsp3) is 0.571. The van der Waals surface area contributed by atoms with E-state index in [4.69, 9.17) is 18.9 Å². The zero-order valence-electron chi connectivity index (χ0n) is 12.3. The Morgan fingerprint density at radius 3 is 2.00 bits per heavy atom. The van der Waals surface area contributed by atoms with Crippen LogP contribution in [0, 0.1) is 5.92 Å². The number of nitrogens with one attached hydrogen (secondary N) is 1. The van der Waals surface area contributed by atoms with Gasteiger partial charge in [0.25, 0.3) is 0 Å². The van der Waals surface area contributed by atoms with Crippen molar-refractivity contribution in [2.75, 3.05) is 46.9 Å². The minimum atomic E-state index is 0.420. The van der Waals surface area contributed by atoms with Crippen LogP contribution < -0.4 is 19.5 Å². The van der Waals surface area contributed by atoms with Crippen LogP contribution in [0.2, 0.25) is 0 Å². The predicted molar refractivity (Wildman–Crippen MR) is 75.6 cm³/mol. The molecule has 1 rings (SSSR count). The van der Waals surface area contributed by atoms with E-state index in [9.17, 15) is 0 Å². The number of rotatable bonds is 8. The summed E-state index contributed by atoms with van der Waals surface area (Å²) in [6.45, 7) is 3.65. The number of hydrogen-bond donors (Lipinski definition) is 1. The van der Waals surface area contributed by atoms with E-state index in [-0.39, 0.29) is 0 Å². The molecule has 1 N–H and O–H groups in total. The lowest BCUT2D eigenvalue weighted by Crippen LogP contribution is -2.15. The summed E-state index contributed by atoms with van der Waals surface area (Å²) >= 11 is 0. The van der Waals surface area contributed by atoms with Gasteiger partial charge in [-0.15, -0.1) is 0 Å². The SMILES string of the molecule is COCC(C)CNc1cc(OC)c(OC)c(OC)c1. The molecule has 0 aliphatic carbocycles. The second kappa shape index (κ2) is 7.74. The van der Waals surface area contributed by atoms with Gasteiger partial charge in [0, 0.05) is 31.5 Å². The molecule has 0 bridgehead atoms. The van der Waals surface area contributed by atoms with Crippen molar-refractivity contribution in [2.45, 2.75) is 6.92 Å². The standard InChI is InChI=1S/C14H23NO4/c1-10(9-16-2)8-15-11-6-12(17-3)14(19-5)13(7-11)18-4/h6-7,10,15H,8-9H2,1-5H3. The highest BCUT2D eigenvalue weighted by Crippen LogP contribution is 2.39. The summed E-state index contributed by atoms with van der Waals surface area (Å²) in [4.78, 5) is 0. The van der Waals surface area contributed by atoms with Crippen LogP contribution in [0.25, 0.3) is 0 Å². The van der Waals surface area contributed by atoms with Crippen LogP contribution in [0.3, 0.4) is 0 Å². The summed E-state index contributed by atoms with van der Waals surface area (Å²) in [5.74, 6) is 2.30. The Morgan fingerprint density at radius 1 is 1.00 bits per heavy atom. The van der Waals surface area contributed by atoms with Crippen molar-refractivity contribution in [1.82, 2.24) is 0 Å². The first-order chi connectivity index (χ1) is 9.15. The maximum absolute atomic E-state index is 5.30. The summed E-state index contributed by atoms with van der Waals surface area (Å²) in [6.07, 6.45) is 0. The molecule has 0 heterocycles. The van der Waals surface area contributed by atoms with Crippen molar-refractivity contribution in [1.29, 1.82) is 0 Å². The second-order valence-corrected chi connectivity index (χ2v) is 4.36. The lowest BCUT2D eigenvalue weighted by atomic mass is 10.2. The van der Waals surface area contributed by atoms with Crippen LogP contribution in [0.4, 0.5) is 5.69 Å². The molecule has 0 spiro atoms. The average Bonchev–Trinajstić information content (AvgIpc) is 2.44. The molecule has 0 saturated heterocycles. The van der Waals surface area contributed by atoms with Gasteiger partial charge in [-0.3, -0.25) is 0 Å². The Bertz CT molecular complexity index is 370. The molecular formula is C14H23NO4. The van der Waals surface area contributed by atoms with Crippen LogP contribution in [0.1, 0.15) is 6.92 Å². The van der Waals surface area contributed by atoms with E-state index in [0.29, 0.717) is 23.2 Å². The molecule has 1 aromatic carbocycles. The topological polar surface area (TPSA) is 49.0 Å². The van der Waals surface area contributed by atoms with Gasteiger partial charge in [0.15, 0.2) is 11.5 Å². The van der Waals surface area contributed by atoms with Crippen molar-refractivity contribution in [2.24, 2.45) is 5.92 Å². The maximum Gasteiger partial charge on any atom is 0.203 e. The summed E-state index contributed by atoms with van der Waals surface area (Å²) in [7, 11) is 6.51. The highest BCUT2D eigenvalue weighted by molar-refractivity contribution is 5.62. The number of benzene rings is 1. The largest absolute Gasteiger partial charge is 0.493 e. The Hall–Kier alpha value is -1.62. The summed E-state index contributed by atoms with van der Waals surface area (Å²) in [6, 6.07) is 3.78. The van der Waals surface area contributed by atoms with Gasteiger partial charge in [0.05, 0.1) is 27.9 Å². The minimum absolute atomic E-state index is 0.420. The van der Waals surface area contributed by atoms with E-state index >= 15 is 0 Å². The van der Waals surface area contributed by atoms with Crippen molar-refractivity contribution in [3.8, 4) is 17.2 Å². The first-order valence-corrected chi connectivity index (χ1v) is 6.19. The molecule has 108 valence electrons. The van der Waals surface area contributed by atoms with Gasteiger partial charge in [0.1, 0.15) is 0 Å². The molecule has 19 heavy (non-hydrogen) atoms. The first-order valence-electron chi connectivity index (χ1n) is 6.19. The van der Waals surface area contributed by atoms with Crippen molar-refractivity contribution >= 4 is 5.69 Å². The van der Waals surface area contributed by atoms with Crippen LogP contribution in [-0.2, 0) is 4.74 Å². The smallest absolute Gasteiger partial charge is 0.203 e. The van der Waals surface area contributed by atoms with Crippen LogP contribution >= 0.6 is 0 Å². The lowest BCUT2D eigenvalue weighted by molar-refractivity contribution is 0.164.